The van der Waals surface area contributed by atoms with Crippen molar-refractivity contribution >= 4 is 28.9 Å². The van der Waals surface area contributed by atoms with Crippen molar-refractivity contribution in [1.29, 1.82) is 0 Å². The van der Waals surface area contributed by atoms with Crippen LogP contribution < -0.4 is 4.90 Å². The molecule has 0 atom stereocenters. The summed E-state index contributed by atoms with van der Waals surface area (Å²) in [6.07, 6.45) is 0. The molecule has 0 unspecified atom stereocenters. The van der Waals surface area contributed by atoms with Gasteiger partial charge in [-0.2, -0.15) is 0 Å². The van der Waals surface area contributed by atoms with Crippen LogP contribution in [0.4, 0.5) is 5.95 Å². The third-order valence-electron chi connectivity index (χ3n) is 2.83. The Hall–Kier alpha value is -2.64. The van der Waals surface area contributed by atoms with E-state index in [4.69, 9.17) is 9.47 Å². The standard InChI is InChI=1S/C14H18N4O4/c1-5-21-12(19)9-7-8-10(17-14(16-8)18(3)4)11(15-9)13(20)22-6-2/h7H,5-6H2,1-4H3,(H,16,17). The number of ether oxygens (including phenoxy) is 2. The number of hydrogen-bond donors (Lipinski definition) is 1. The first-order chi connectivity index (χ1) is 10.5. The Kier molecular flexibility index (Phi) is 4.59. The van der Waals surface area contributed by atoms with E-state index in [9.17, 15) is 9.59 Å². The number of nitrogens with zero attached hydrogens (tertiary/aromatic N) is 3. The number of pyridine rings is 1. The lowest BCUT2D eigenvalue weighted by atomic mass is 10.2. The highest BCUT2D eigenvalue weighted by atomic mass is 16.5. The molecule has 0 fully saturated rings. The Bertz CT molecular complexity index is 708. The van der Waals surface area contributed by atoms with Crippen molar-refractivity contribution in [2.45, 2.75) is 13.8 Å². The molecule has 0 saturated heterocycles. The van der Waals surface area contributed by atoms with E-state index < -0.39 is 11.9 Å². The van der Waals surface area contributed by atoms with Gasteiger partial charge in [0, 0.05) is 14.1 Å². The Morgan fingerprint density at radius 2 is 1.77 bits per heavy atom. The molecule has 0 radical (unpaired) electrons. The molecule has 0 saturated carbocycles. The van der Waals surface area contributed by atoms with Crippen molar-refractivity contribution in [2.75, 3.05) is 32.2 Å². The number of rotatable bonds is 5. The van der Waals surface area contributed by atoms with Crippen LogP contribution in [-0.2, 0) is 9.47 Å². The van der Waals surface area contributed by atoms with E-state index in [1.54, 1.807) is 32.8 Å². The van der Waals surface area contributed by atoms with Gasteiger partial charge in [0.2, 0.25) is 5.95 Å². The van der Waals surface area contributed by atoms with E-state index in [0.717, 1.165) is 0 Å². The average molecular weight is 306 g/mol. The highest BCUT2D eigenvalue weighted by Gasteiger charge is 2.22. The number of nitrogens with one attached hydrogen (secondary N) is 1. The van der Waals surface area contributed by atoms with Crippen molar-refractivity contribution in [3.05, 3.63) is 17.5 Å². The summed E-state index contributed by atoms with van der Waals surface area (Å²) in [6, 6.07) is 1.51. The maximum Gasteiger partial charge on any atom is 0.359 e. The number of aromatic amines is 1. The fraction of sp³-hybridized carbons (Fsp3) is 0.429. The minimum atomic E-state index is -0.629. The first-order valence-corrected chi connectivity index (χ1v) is 6.90. The lowest BCUT2D eigenvalue weighted by Crippen LogP contribution is -2.13. The van der Waals surface area contributed by atoms with Crippen LogP contribution in [0.1, 0.15) is 34.8 Å². The monoisotopic (exact) mass is 306 g/mol. The van der Waals surface area contributed by atoms with Crippen LogP contribution in [0.3, 0.4) is 0 Å². The Labute approximate surface area is 127 Å². The largest absolute Gasteiger partial charge is 0.461 e. The molecule has 2 aromatic heterocycles. The van der Waals surface area contributed by atoms with E-state index in [-0.39, 0.29) is 24.6 Å². The van der Waals surface area contributed by atoms with Gasteiger partial charge in [0.05, 0.1) is 18.7 Å². The lowest BCUT2D eigenvalue weighted by molar-refractivity contribution is 0.0513. The average Bonchev–Trinajstić information content (AvgIpc) is 2.90. The van der Waals surface area contributed by atoms with Gasteiger partial charge >= 0.3 is 11.9 Å². The summed E-state index contributed by atoms with van der Waals surface area (Å²) >= 11 is 0. The molecule has 0 bridgehead atoms. The molecule has 22 heavy (non-hydrogen) atoms. The third kappa shape index (κ3) is 3.00. The second kappa shape index (κ2) is 6.42. The van der Waals surface area contributed by atoms with Crippen LogP contribution in [0.25, 0.3) is 11.0 Å². The molecular formula is C14H18N4O4. The Balaban J connectivity index is 2.61. The number of aromatic nitrogens is 3. The molecule has 2 aromatic rings. The van der Waals surface area contributed by atoms with E-state index in [2.05, 4.69) is 15.0 Å². The topological polar surface area (TPSA) is 97.4 Å². The lowest BCUT2D eigenvalue weighted by Gasteiger charge is -2.05. The van der Waals surface area contributed by atoms with Crippen LogP contribution in [0, 0.1) is 0 Å². The van der Waals surface area contributed by atoms with Gasteiger partial charge in [-0.3, -0.25) is 0 Å². The van der Waals surface area contributed by atoms with E-state index in [0.29, 0.717) is 17.0 Å². The van der Waals surface area contributed by atoms with Crippen LogP contribution >= 0.6 is 0 Å². The highest BCUT2D eigenvalue weighted by molar-refractivity contribution is 6.03. The quantitative estimate of drug-likeness (QED) is 0.833. The molecule has 0 aromatic carbocycles. The number of hydrogen-bond acceptors (Lipinski definition) is 7. The van der Waals surface area contributed by atoms with E-state index >= 15 is 0 Å². The first kappa shape index (κ1) is 15.7. The molecule has 0 aliphatic heterocycles. The molecule has 2 heterocycles. The van der Waals surface area contributed by atoms with Crippen molar-refractivity contribution < 1.29 is 19.1 Å². The number of anilines is 1. The van der Waals surface area contributed by atoms with Crippen LogP contribution in [0.15, 0.2) is 6.07 Å². The van der Waals surface area contributed by atoms with Gasteiger partial charge in [-0.25, -0.2) is 19.6 Å². The maximum atomic E-state index is 12.1. The molecule has 8 heteroatoms. The van der Waals surface area contributed by atoms with Gasteiger partial charge in [-0.1, -0.05) is 0 Å². The number of fused-ring (bicyclic) bond motifs is 1. The Morgan fingerprint density at radius 3 is 2.36 bits per heavy atom. The third-order valence-corrected chi connectivity index (χ3v) is 2.83. The number of carbonyl (C=O) groups is 2. The summed E-state index contributed by atoms with van der Waals surface area (Å²) in [7, 11) is 3.61. The van der Waals surface area contributed by atoms with Crippen molar-refractivity contribution in [2.24, 2.45) is 0 Å². The SMILES string of the molecule is CCOC(=O)c1cc2[nH]c(N(C)C)nc2c(C(=O)OCC)n1. The van der Waals surface area contributed by atoms with Gasteiger partial charge in [0.1, 0.15) is 5.52 Å². The van der Waals surface area contributed by atoms with Gasteiger partial charge in [-0.15, -0.1) is 0 Å². The van der Waals surface area contributed by atoms with E-state index in [1.807, 2.05) is 0 Å². The number of imidazole rings is 1. The molecule has 1 N–H and O–H groups in total. The molecular weight excluding hydrogens is 288 g/mol. The number of esters is 2. The number of carbonyl (C=O) groups excluding carboxylic acids is 2. The molecule has 8 nitrogen and oxygen atoms in total. The molecule has 0 aliphatic rings. The van der Waals surface area contributed by atoms with Crippen LogP contribution in [0.5, 0.6) is 0 Å². The summed E-state index contributed by atoms with van der Waals surface area (Å²) < 4.78 is 9.91. The van der Waals surface area contributed by atoms with Crippen LogP contribution in [0.2, 0.25) is 0 Å². The highest BCUT2D eigenvalue weighted by Crippen LogP contribution is 2.21. The van der Waals surface area contributed by atoms with Crippen molar-refractivity contribution in [3.63, 3.8) is 0 Å². The van der Waals surface area contributed by atoms with Gasteiger partial charge in [-0.05, 0) is 19.9 Å². The molecule has 0 amide bonds. The van der Waals surface area contributed by atoms with Crippen LogP contribution in [-0.4, -0.2) is 54.2 Å². The van der Waals surface area contributed by atoms with Gasteiger partial charge in [0.15, 0.2) is 11.4 Å². The predicted octanol–water partition coefficient (Wildman–Crippen LogP) is 1.38. The first-order valence-electron chi connectivity index (χ1n) is 6.90. The van der Waals surface area contributed by atoms with Crippen molar-refractivity contribution in [1.82, 2.24) is 15.0 Å². The normalized spacial score (nSPS) is 10.5. The summed E-state index contributed by atoms with van der Waals surface area (Å²) in [4.78, 5) is 37.1. The maximum absolute atomic E-state index is 12.1. The smallest absolute Gasteiger partial charge is 0.359 e. The summed E-state index contributed by atoms with van der Waals surface area (Å²) in [5.41, 5.74) is 0.901. The van der Waals surface area contributed by atoms with Crippen molar-refractivity contribution in [3.8, 4) is 0 Å². The zero-order valence-electron chi connectivity index (χ0n) is 13.0. The fourth-order valence-electron chi connectivity index (χ4n) is 1.86. The summed E-state index contributed by atoms with van der Waals surface area (Å²) in [6.45, 7) is 3.82. The summed E-state index contributed by atoms with van der Waals surface area (Å²) in [5, 5.41) is 0. The fourth-order valence-corrected chi connectivity index (χ4v) is 1.86. The second-order valence-corrected chi connectivity index (χ2v) is 4.65. The van der Waals surface area contributed by atoms with E-state index in [1.165, 1.54) is 6.07 Å². The molecule has 0 aliphatic carbocycles. The zero-order chi connectivity index (χ0) is 16.3. The zero-order valence-corrected chi connectivity index (χ0v) is 13.0. The molecule has 0 spiro atoms. The summed E-state index contributed by atoms with van der Waals surface area (Å²) in [5.74, 6) is -0.685. The number of H-pyrrole nitrogens is 1. The minimum Gasteiger partial charge on any atom is -0.461 e. The predicted molar refractivity (Wildman–Crippen MR) is 80.1 cm³/mol. The van der Waals surface area contributed by atoms with Gasteiger partial charge < -0.3 is 19.4 Å². The minimum absolute atomic E-state index is 0.00764. The van der Waals surface area contributed by atoms with Gasteiger partial charge in [0.25, 0.3) is 0 Å². The second-order valence-electron chi connectivity index (χ2n) is 4.65. The Morgan fingerprint density at radius 1 is 1.14 bits per heavy atom. The molecule has 118 valence electrons. The molecule has 2 rings (SSSR count).